The summed E-state index contributed by atoms with van der Waals surface area (Å²) in [7, 11) is 0. The second kappa shape index (κ2) is 6.49. The van der Waals surface area contributed by atoms with E-state index in [0.717, 1.165) is 5.56 Å². The topological polar surface area (TPSA) is 79.3 Å². The molecule has 5 nitrogen and oxygen atoms in total. The van der Waals surface area contributed by atoms with E-state index in [2.05, 4.69) is 10.3 Å². The van der Waals surface area contributed by atoms with Crippen LogP contribution in [-0.2, 0) is 4.79 Å². The fraction of sp³-hybridized carbons (Fsp3) is 0.267. The zero-order valence-electron chi connectivity index (χ0n) is 11.7. The van der Waals surface area contributed by atoms with Crippen molar-refractivity contribution in [3.8, 4) is 0 Å². The van der Waals surface area contributed by atoms with Crippen molar-refractivity contribution in [3.05, 3.63) is 52.0 Å². The number of aromatic nitrogens is 1. The Balaban J connectivity index is 2.27. The summed E-state index contributed by atoms with van der Waals surface area (Å²) < 4.78 is 0. The van der Waals surface area contributed by atoms with Crippen LogP contribution in [0.3, 0.4) is 0 Å². The normalized spacial score (nSPS) is 13.4. The molecule has 0 aliphatic rings. The van der Waals surface area contributed by atoms with Gasteiger partial charge in [0.25, 0.3) is 5.91 Å². The number of nitrogens with one attached hydrogen (secondary N) is 1. The number of carboxylic acids is 1. The maximum absolute atomic E-state index is 12.3. The number of rotatable bonds is 5. The zero-order valence-corrected chi connectivity index (χ0v) is 12.6. The second-order valence-corrected chi connectivity index (χ2v) is 5.61. The first-order valence-corrected chi connectivity index (χ1v) is 7.37. The summed E-state index contributed by atoms with van der Waals surface area (Å²) in [5.41, 5.74) is 3.01. The van der Waals surface area contributed by atoms with E-state index < -0.39 is 17.9 Å². The Kier molecular flexibility index (Phi) is 4.70. The molecule has 1 heterocycles. The van der Waals surface area contributed by atoms with Gasteiger partial charge in [-0.3, -0.25) is 9.59 Å². The second-order valence-electron chi connectivity index (χ2n) is 4.76. The lowest BCUT2D eigenvalue weighted by Gasteiger charge is -2.22. The van der Waals surface area contributed by atoms with Crippen molar-refractivity contribution in [2.45, 2.75) is 19.9 Å². The van der Waals surface area contributed by atoms with Crippen LogP contribution in [-0.4, -0.2) is 22.0 Å². The summed E-state index contributed by atoms with van der Waals surface area (Å²) in [5, 5.41) is 12.1. The summed E-state index contributed by atoms with van der Waals surface area (Å²) in [4.78, 5) is 28.1. The van der Waals surface area contributed by atoms with Crippen LogP contribution in [0.1, 0.15) is 33.9 Å². The fourth-order valence-electron chi connectivity index (χ4n) is 2.03. The van der Waals surface area contributed by atoms with Gasteiger partial charge in [0.15, 0.2) is 0 Å². The zero-order chi connectivity index (χ0) is 15.4. The number of amides is 1. The van der Waals surface area contributed by atoms with Gasteiger partial charge in [-0.05, 0) is 19.4 Å². The van der Waals surface area contributed by atoms with Gasteiger partial charge in [0.2, 0.25) is 0 Å². The molecule has 2 atom stereocenters. The highest BCUT2D eigenvalue weighted by Gasteiger charge is 2.27. The molecule has 6 heteroatoms. The number of aliphatic carboxylic acids is 1. The number of hydrogen-bond acceptors (Lipinski definition) is 4. The van der Waals surface area contributed by atoms with Gasteiger partial charge in [-0.15, -0.1) is 11.3 Å². The molecule has 0 spiro atoms. The largest absolute Gasteiger partial charge is 0.481 e. The van der Waals surface area contributed by atoms with Crippen molar-refractivity contribution in [1.29, 1.82) is 0 Å². The van der Waals surface area contributed by atoms with Crippen LogP contribution < -0.4 is 5.32 Å². The molecule has 0 radical (unpaired) electrons. The van der Waals surface area contributed by atoms with Crippen molar-refractivity contribution in [3.63, 3.8) is 0 Å². The van der Waals surface area contributed by atoms with E-state index in [0.29, 0.717) is 10.6 Å². The van der Waals surface area contributed by atoms with Crippen LogP contribution in [0, 0.1) is 12.8 Å². The van der Waals surface area contributed by atoms with Crippen molar-refractivity contribution in [2.24, 2.45) is 5.92 Å². The molecule has 0 bridgehead atoms. The molecule has 2 aromatic rings. The van der Waals surface area contributed by atoms with E-state index in [1.807, 2.05) is 30.3 Å². The first-order chi connectivity index (χ1) is 10.0. The SMILES string of the molecule is Cc1ncsc1C(=O)NC(c1ccccc1)C(C)C(=O)O. The number of carbonyl (C=O) groups is 2. The van der Waals surface area contributed by atoms with Gasteiger partial charge in [-0.1, -0.05) is 30.3 Å². The lowest BCUT2D eigenvalue weighted by molar-refractivity contribution is -0.142. The Morgan fingerprint density at radius 1 is 1.29 bits per heavy atom. The summed E-state index contributed by atoms with van der Waals surface area (Å²) >= 11 is 1.24. The Morgan fingerprint density at radius 2 is 1.95 bits per heavy atom. The van der Waals surface area contributed by atoms with Crippen LogP contribution in [0.4, 0.5) is 0 Å². The molecule has 0 saturated heterocycles. The van der Waals surface area contributed by atoms with E-state index in [4.69, 9.17) is 0 Å². The maximum atomic E-state index is 12.3. The Labute approximate surface area is 126 Å². The molecule has 1 amide bonds. The summed E-state index contributed by atoms with van der Waals surface area (Å²) in [6.07, 6.45) is 0. The highest BCUT2D eigenvalue weighted by Crippen LogP contribution is 2.23. The minimum Gasteiger partial charge on any atom is -0.481 e. The molecule has 21 heavy (non-hydrogen) atoms. The summed E-state index contributed by atoms with van der Waals surface area (Å²) in [6.45, 7) is 3.34. The number of hydrogen-bond donors (Lipinski definition) is 2. The van der Waals surface area contributed by atoms with Gasteiger partial charge in [0.1, 0.15) is 4.88 Å². The van der Waals surface area contributed by atoms with Gasteiger partial charge in [-0.25, -0.2) is 4.98 Å². The molecule has 2 N–H and O–H groups in total. The molecule has 0 saturated carbocycles. The standard InChI is InChI=1S/C15H16N2O3S/c1-9(15(19)20)12(11-6-4-3-5-7-11)17-14(18)13-10(2)16-8-21-13/h3-9,12H,1-2H3,(H,17,18)(H,19,20). The summed E-state index contributed by atoms with van der Waals surface area (Å²) in [6, 6.07) is 8.52. The van der Waals surface area contributed by atoms with Crippen LogP contribution in [0.25, 0.3) is 0 Å². The first-order valence-electron chi connectivity index (χ1n) is 6.49. The third-order valence-corrected chi connectivity index (χ3v) is 4.21. The van der Waals surface area contributed by atoms with Crippen molar-refractivity contribution in [2.75, 3.05) is 0 Å². The first kappa shape index (κ1) is 15.2. The van der Waals surface area contributed by atoms with Crippen molar-refractivity contribution < 1.29 is 14.7 Å². The van der Waals surface area contributed by atoms with Gasteiger partial charge in [0.05, 0.1) is 23.2 Å². The van der Waals surface area contributed by atoms with Gasteiger partial charge < -0.3 is 10.4 Å². The van der Waals surface area contributed by atoms with E-state index >= 15 is 0 Å². The molecule has 1 aromatic heterocycles. The van der Waals surface area contributed by atoms with Crippen LogP contribution in [0.15, 0.2) is 35.8 Å². The van der Waals surface area contributed by atoms with E-state index in [1.54, 1.807) is 19.4 Å². The van der Waals surface area contributed by atoms with E-state index in [9.17, 15) is 14.7 Å². The molecule has 0 aliphatic carbocycles. The van der Waals surface area contributed by atoms with Crippen molar-refractivity contribution >= 4 is 23.2 Å². The monoisotopic (exact) mass is 304 g/mol. The average Bonchev–Trinajstić information content (AvgIpc) is 2.91. The van der Waals surface area contributed by atoms with Gasteiger partial charge in [0, 0.05) is 0 Å². The van der Waals surface area contributed by atoms with Crippen LogP contribution in [0.2, 0.25) is 0 Å². The van der Waals surface area contributed by atoms with Crippen molar-refractivity contribution in [1.82, 2.24) is 10.3 Å². The number of benzene rings is 1. The van der Waals surface area contributed by atoms with Gasteiger partial charge in [-0.2, -0.15) is 0 Å². The minimum absolute atomic E-state index is 0.294. The average molecular weight is 304 g/mol. The predicted octanol–water partition coefficient (Wildman–Crippen LogP) is 2.64. The minimum atomic E-state index is -0.954. The van der Waals surface area contributed by atoms with Crippen LogP contribution in [0.5, 0.6) is 0 Å². The van der Waals surface area contributed by atoms with E-state index in [1.165, 1.54) is 11.3 Å². The van der Waals surface area contributed by atoms with Crippen LogP contribution >= 0.6 is 11.3 Å². The quantitative estimate of drug-likeness (QED) is 0.890. The molecule has 0 aliphatic heterocycles. The molecule has 0 fully saturated rings. The number of carbonyl (C=O) groups excluding carboxylic acids is 1. The Morgan fingerprint density at radius 3 is 2.48 bits per heavy atom. The highest BCUT2D eigenvalue weighted by atomic mass is 32.1. The Hall–Kier alpha value is -2.21. The lowest BCUT2D eigenvalue weighted by atomic mass is 9.94. The summed E-state index contributed by atoms with van der Waals surface area (Å²) in [5.74, 6) is -1.98. The Bertz CT molecular complexity index is 639. The third kappa shape index (κ3) is 3.46. The van der Waals surface area contributed by atoms with Gasteiger partial charge >= 0.3 is 5.97 Å². The lowest BCUT2D eigenvalue weighted by Crippen LogP contribution is -2.35. The van der Waals surface area contributed by atoms with E-state index in [-0.39, 0.29) is 5.91 Å². The highest BCUT2D eigenvalue weighted by molar-refractivity contribution is 7.11. The predicted molar refractivity (Wildman–Crippen MR) is 80.3 cm³/mol. The molecule has 110 valence electrons. The molecular formula is C15H16N2O3S. The maximum Gasteiger partial charge on any atom is 0.308 e. The smallest absolute Gasteiger partial charge is 0.308 e. The number of thiazole rings is 1. The molecular weight excluding hydrogens is 288 g/mol. The number of carboxylic acid groups (broad SMARTS) is 1. The fourth-order valence-corrected chi connectivity index (χ4v) is 2.73. The number of aryl methyl sites for hydroxylation is 1. The third-order valence-electron chi connectivity index (χ3n) is 3.29. The molecule has 2 rings (SSSR count). The molecule has 1 aromatic carbocycles. The number of nitrogens with zero attached hydrogens (tertiary/aromatic N) is 1. The molecule has 2 unspecified atom stereocenters.